The summed E-state index contributed by atoms with van der Waals surface area (Å²) in [4.78, 5) is 28.4. The fraction of sp³-hybridized carbons (Fsp3) is 0.304. The molecule has 0 fully saturated rings. The summed E-state index contributed by atoms with van der Waals surface area (Å²) in [6.45, 7) is 8.01. The molecule has 2 aromatic carbocycles. The van der Waals surface area contributed by atoms with Crippen LogP contribution in [0.1, 0.15) is 54.0 Å². The Morgan fingerprint density at radius 2 is 1.83 bits per heavy atom. The van der Waals surface area contributed by atoms with Crippen LogP contribution in [0.4, 0.5) is 0 Å². The summed E-state index contributed by atoms with van der Waals surface area (Å²) in [6.07, 6.45) is 0. The molecule has 0 radical (unpaired) electrons. The molecule has 0 aliphatic carbocycles. The first-order chi connectivity index (χ1) is 14.2. The van der Waals surface area contributed by atoms with Gasteiger partial charge in [0.2, 0.25) is 5.91 Å². The van der Waals surface area contributed by atoms with Gasteiger partial charge < -0.3 is 10.2 Å². The Kier molecular flexibility index (Phi) is 6.62. The van der Waals surface area contributed by atoms with Gasteiger partial charge in [-0.15, -0.1) is 5.10 Å². The molecule has 0 aliphatic heterocycles. The van der Waals surface area contributed by atoms with Crippen molar-refractivity contribution in [3.05, 3.63) is 82.4 Å². The van der Waals surface area contributed by atoms with E-state index < -0.39 is 11.6 Å². The zero-order chi connectivity index (χ0) is 21.7. The number of hydrogen-bond acceptors (Lipinski definition) is 5. The topological polar surface area (TPSA) is 75.2 Å². The number of aromatic nitrogens is 2. The Morgan fingerprint density at radius 1 is 1.10 bits per heavy atom. The van der Waals surface area contributed by atoms with E-state index in [2.05, 4.69) is 14.9 Å². The largest absolute Gasteiger partial charge is 0.349 e. The van der Waals surface area contributed by atoms with Crippen molar-refractivity contribution in [2.75, 3.05) is 0 Å². The molecule has 0 aliphatic rings. The Labute approximate surface area is 181 Å². The first-order valence-corrected chi connectivity index (χ1v) is 10.6. The van der Waals surface area contributed by atoms with Crippen LogP contribution in [0.2, 0.25) is 0 Å². The molecule has 0 spiro atoms. The minimum atomic E-state index is -0.807. The Balaban J connectivity index is 2.09. The Hall–Kier alpha value is -3.06. The van der Waals surface area contributed by atoms with Crippen molar-refractivity contribution in [2.45, 2.75) is 45.8 Å². The lowest BCUT2D eigenvalue weighted by molar-refractivity contribution is -0.127. The highest BCUT2D eigenvalue weighted by Gasteiger charge is 2.34. The minimum Gasteiger partial charge on any atom is -0.349 e. The average molecular weight is 423 g/mol. The molecule has 1 atom stereocenters. The minimum absolute atomic E-state index is 0.233. The summed E-state index contributed by atoms with van der Waals surface area (Å²) in [7, 11) is 0. The number of nitrogens with zero attached hydrogens (tertiary/aromatic N) is 3. The molecule has 156 valence electrons. The molecule has 1 N–H and O–H groups in total. The number of nitrogens with one attached hydrogen (secondary N) is 1. The molecule has 0 bridgehead atoms. The van der Waals surface area contributed by atoms with Gasteiger partial charge >= 0.3 is 0 Å². The zero-order valence-electron chi connectivity index (χ0n) is 17.6. The summed E-state index contributed by atoms with van der Waals surface area (Å²) in [5, 5.41) is 8.60. The second kappa shape index (κ2) is 9.17. The highest BCUT2D eigenvalue weighted by atomic mass is 32.1. The summed E-state index contributed by atoms with van der Waals surface area (Å²) in [5.74, 6) is -0.566. The number of carbonyl (C=O) groups is 2. The third-order valence-corrected chi connectivity index (χ3v) is 4.96. The fourth-order valence-corrected chi connectivity index (χ4v) is 3.65. The lowest BCUT2D eigenvalue weighted by Gasteiger charge is -2.33. The molecule has 0 saturated heterocycles. The third kappa shape index (κ3) is 5.51. The van der Waals surface area contributed by atoms with Crippen molar-refractivity contribution in [2.24, 2.45) is 0 Å². The number of hydrogen-bond donors (Lipinski definition) is 1. The average Bonchev–Trinajstić information content (AvgIpc) is 3.21. The Morgan fingerprint density at radius 3 is 2.43 bits per heavy atom. The van der Waals surface area contributed by atoms with Gasteiger partial charge in [-0.05, 0) is 50.4 Å². The van der Waals surface area contributed by atoms with Crippen LogP contribution in [-0.4, -0.2) is 31.8 Å². The maximum atomic E-state index is 13.4. The molecule has 6 nitrogen and oxygen atoms in total. The molecule has 30 heavy (non-hydrogen) atoms. The van der Waals surface area contributed by atoms with E-state index in [4.69, 9.17) is 0 Å². The molecular weight excluding hydrogens is 396 g/mol. The lowest BCUT2D eigenvalue weighted by atomic mass is 9.99. The van der Waals surface area contributed by atoms with Gasteiger partial charge in [0, 0.05) is 17.5 Å². The van der Waals surface area contributed by atoms with Gasteiger partial charge in [-0.3, -0.25) is 9.59 Å². The Bertz CT molecular complexity index is 998. The van der Waals surface area contributed by atoms with Crippen LogP contribution in [0.15, 0.2) is 60.0 Å². The summed E-state index contributed by atoms with van der Waals surface area (Å²) in [6, 6.07) is 16.5. The number of benzene rings is 2. The van der Waals surface area contributed by atoms with Crippen LogP contribution in [0.3, 0.4) is 0 Å². The highest BCUT2D eigenvalue weighted by molar-refractivity contribution is 7.03. The predicted octanol–water partition coefficient (Wildman–Crippen LogP) is 4.14. The van der Waals surface area contributed by atoms with E-state index in [1.807, 2.05) is 82.3 Å². The number of carbonyl (C=O) groups excluding carboxylic acids is 2. The maximum absolute atomic E-state index is 13.4. The number of amides is 2. The normalized spacial score (nSPS) is 12.3. The van der Waals surface area contributed by atoms with E-state index in [9.17, 15) is 9.59 Å². The summed E-state index contributed by atoms with van der Waals surface area (Å²) < 4.78 is 3.83. The first kappa shape index (κ1) is 21.6. The predicted molar refractivity (Wildman–Crippen MR) is 118 cm³/mol. The monoisotopic (exact) mass is 422 g/mol. The van der Waals surface area contributed by atoms with E-state index >= 15 is 0 Å². The van der Waals surface area contributed by atoms with Gasteiger partial charge in [0.05, 0.1) is 0 Å². The number of aryl methyl sites for hydroxylation is 1. The van der Waals surface area contributed by atoms with Gasteiger partial charge in [-0.25, -0.2) is 0 Å². The van der Waals surface area contributed by atoms with Crippen molar-refractivity contribution in [3.8, 4) is 0 Å². The van der Waals surface area contributed by atoms with Crippen molar-refractivity contribution in [3.63, 3.8) is 0 Å². The molecule has 1 heterocycles. The lowest BCUT2D eigenvalue weighted by Crippen LogP contribution is -2.49. The van der Waals surface area contributed by atoms with Crippen LogP contribution in [-0.2, 0) is 11.3 Å². The van der Waals surface area contributed by atoms with Gasteiger partial charge in [0.15, 0.2) is 5.69 Å². The van der Waals surface area contributed by atoms with Crippen LogP contribution >= 0.6 is 11.5 Å². The molecular formula is C23H26N4O2S. The molecule has 1 aromatic heterocycles. The smallest absolute Gasteiger partial charge is 0.276 e. The molecule has 2 amide bonds. The second-order valence-corrected chi connectivity index (χ2v) is 8.87. The van der Waals surface area contributed by atoms with Gasteiger partial charge in [0.25, 0.3) is 5.91 Å². The van der Waals surface area contributed by atoms with E-state index in [1.165, 1.54) is 0 Å². The van der Waals surface area contributed by atoms with Crippen LogP contribution < -0.4 is 5.32 Å². The van der Waals surface area contributed by atoms with E-state index in [1.54, 1.807) is 10.3 Å². The first-order valence-electron chi connectivity index (χ1n) is 9.75. The summed E-state index contributed by atoms with van der Waals surface area (Å²) in [5.41, 5.74) is 2.49. The second-order valence-electron chi connectivity index (χ2n) is 8.26. The van der Waals surface area contributed by atoms with E-state index in [-0.39, 0.29) is 24.1 Å². The highest BCUT2D eigenvalue weighted by Crippen LogP contribution is 2.27. The van der Waals surface area contributed by atoms with E-state index in [0.717, 1.165) is 28.2 Å². The number of rotatable bonds is 6. The van der Waals surface area contributed by atoms with Gasteiger partial charge in [-0.1, -0.05) is 64.6 Å². The quantitative estimate of drug-likeness (QED) is 0.648. The van der Waals surface area contributed by atoms with Crippen LogP contribution in [0, 0.1) is 6.92 Å². The van der Waals surface area contributed by atoms with Crippen molar-refractivity contribution >= 4 is 23.3 Å². The maximum Gasteiger partial charge on any atom is 0.276 e. The zero-order valence-corrected chi connectivity index (χ0v) is 18.4. The van der Waals surface area contributed by atoms with Crippen LogP contribution in [0.25, 0.3) is 0 Å². The molecule has 0 saturated carbocycles. The molecule has 3 rings (SSSR count). The standard InChI is InChI=1S/C23H26N4O2S/c1-16-9-8-12-18(13-16)20(21(28)24-23(2,3)4)27(14-17-10-6-5-7-11-17)22(29)19-15-30-26-25-19/h5-13,15,20H,14H2,1-4H3,(H,24,28)/t20-/m0/s1. The molecule has 7 heteroatoms. The third-order valence-electron chi connectivity index (χ3n) is 4.45. The summed E-state index contributed by atoms with van der Waals surface area (Å²) >= 11 is 1.11. The van der Waals surface area contributed by atoms with Gasteiger partial charge in [-0.2, -0.15) is 0 Å². The van der Waals surface area contributed by atoms with Gasteiger partial charge in [0.1, 0.15) is 6.04 Å². The molecule has 3 aromatic rings. The van der Waals surface area contributed by atoms with E-state index in [0.29, 0.717) is 0 Å². The van der Waals surface area contributed by atoms with Crippen molar-refractivity contribution in [1.29, 1.82) is 0 Å². The van der Waals surface area contributed by atoms with Crippen molar-refractivity contribution < 1.29 is 9.59 Å². The van der Waals surface area contributed by atoms with Crippen molar-refractivity contribution in [1.82, 2.24) is 19.8 Å². The van der Waals surface area contributed by atoms with Crippen LogP contribution in [0.5, 0.6) is 0 Å². The molecule has 0 unspecified atom stereocenters. The SMILES string of the molecule is Cc1cccc([C@@H](C(=O)NC(C)(C)C)N(Cc2ccccc2)C(=O)c2csnn2)c1. The fourth-order valence-electron chi connectivity index (χ4n) is 3.22.